The highest BCUT2D eigenvalue weighted by molar-refractivity contribution is 5.44. The molecule has 0 radical (unpaired) electrons. The Labute approximate surface area is 143 Å². The molecule has 25 heavy (non-hydrogen) atoms. The predicted octanol–water partition coefficient (Wildman–Crippen LogP) is 1.54. The number of aromatic nitrogens is 4. The number of nitrogens with one attached hydrogen (secondary N) is 2. The first-order valence-corrected chi connectivity index (χ1v) is 8.15. The van der Waals surface area contributed by atoms with E-state index < -0.39 is 0 Å². The van der Waals surface area contributed by atoms with Gasteiger partial charge >= 0.3 is 0 Å². The Hall–Kier alpha value is -3.03. The van der Waals surface area contributed by atoms with Crippen LogP contribution in [0.2, 0.25) is 0 Å². The quantitative estimate of drug-likeness (QED) is 0.731. The first-order valence-electron chi connectivity index (χ1n) is 8.15. The van der Waals surface area contributed by atoms with Crippen molar-refractivity contribution in [3.8, 4) is 11.5 Å². The molecule has 2 aromatic heterocycles. The lowest BCUT2D eigenvalue weighted by molar-refractivity contribution is 0.399. The van der Waals surface area contributed by atoms with Gasteiger partial charge in [0.1, 0.15) is 11.5 Å². The topological polar surface area (TPSA) is 93.5 Å². The molecular formula is C17H19N5O3. The summed E-state index contributed by atoms with van der Waals surface area (Å²) >= 11 is 0. The number of hydrogen-bond donors (Lipinski definition) is 2. The van der Waals surface area contributed by atoms with Crippen LogP contribution in [-0.4, -0.2) is 33.8 Å². The van der Waals surface area contributed by atoms with Crippen LogP contribution in [0.5, 0.6) is 11.5 Å². The first kappa shape index (κ1) is 15.5. The molecular weight excluding hydrogens is 322 g/mol. The maximum Gasteiger partial charge on any atom is 0.277 e. The Morgan fingerprint density at radius 1 is 1.24 bits per heavy atom. The Bertz CT molecular complexity index is 992. The molecule has 4 rings (SSSR count). The Morgan fingerprint density at radius 3 is 2.92 bits per heavy atom. The number of fused-ring (bicyclic) bond motifs is 2. The minimum atomic E-state index is -0.0583. The van der Waals surface area contributed by atoms with Crippen molar-refractivity contribution < 1.29 is 9.47 Å². The van der Waals surface area contributed by atoms with Crippen LogP contribution >= 0.6 is 0 Å². The molecule has 2 N–H and O–H groups in total. The Morgan fingerprint density at radius 2 is 2.12 bits per heavy atom. The van der Waals surface area contributed by atoms with Gasteiger partial charge < -0.3 is 14.8 Å². The molecule has 1 aliphatic rings. The summed E-state index contributed by atoms with van der Waals surface area (Å²) in [6.45, 7) is 0.467. The molecule has 1 aromatic carbocycles. The molecule has 0 bridgehead atoms. The molecule has 2 heterocycles. The van der Waals surface area contributed by atoms with Crippen molar-refractivity contribution in [2.45, 2.75) is 25.8 Å². The number of hydrogen-bond acceptors (Lipinski definition) is 6. The lowest BCUT2D eigenvalue weighted by Crippen LogP contribution is -2.20. The lowest BCUT2D eigenvalue weighted by atomic mass is 10.2. The summed E-state index contributed by atoms with van der Waals surface area (Å²) in [7, 11) is 3.24. The fourth-order valence-corrected chi connectivity index (χ4v) is 3.16. The van der Waals surface area contributed by atoms with E-state index in [-0.39, 0.29) is 5.56 Å². The van der Waals surface area contributed by atoms with E-state index in [0.29, 0.717) is 18.3 Å². The van der Waals surface area contributed by atoms with Crippen LogP contribution < -0.4 is 20.3 Å². The predicted molar refractivity (Wildman–Crippen MR) is 92.5 cm³/mol. The summed E-state index contributed by atoms with van der Waals surface area (Å²) in [5.41, 5.74) is 2.53. The second-order valence-corrected chi connectivity index (χ2v) is 5.93. The molecule has 0 aliphatic heterocycles. The number of H-pyrrole nitrogens is 1. The van der Waals surface area contributed by atoms with E-state index >= 15 is 0 Å². The molecule has 3 aromatic rings. The van der Waals surface area contributed by atoms with Gasteiger partial charge in [-0.2, -0.15) is 9.50 Å². The highest BCUT2D eigenvalue weighted by Crippen LogP contribution is 2.24. The van der Waals surface area contributed by atoms with Gasteiger partial charge in [-0.3, -0.25) is 9.89 Å². The zero-order chi connectivity index (χ0) is 17.4. The lowest BCUT2D eigenvalue weighted by Gasteiger charge is -2.10. The van der Waals surface area contributed by atoms with Gasteiger partial charge in [-0.1, -0.05) is 0 Å². The molecule has 0 atom stereocenters. The van der Waals surface area contributed by atoms with Crippen LogP contribution in [0.3, 0.4) is 0 Å². The highest BCUT2D eigenvalue weighted by atomic mass is 16.5. The van der Waals surface area contributed by atoms with E-state index in [1.807, 2.05) is 18.2 Å². The summed E-state index contributed by atoms with van der Waals surface area (Å²) in [4.78, 5) is 21.3. The van der Waals surface area contributed by atoms with Crippen molar-refractivity contribution in [2.24, 2.45) is 0 Å². The largest absolute Gasteiger partial charge is 0.497 e. The average molecular weight is 341 g/mol. The number of methoxy groups -OCH3 is 2. The van der Waals surface area contributed by atoms with Crippen LogP contribution in [0.4, 0.5) is 5.95 Å². The first-order chi connectivity index (χ1) is 12.2. The van der Waals surface area contributed by atoms with Crippen LogP contribution in [0, 0.1) is 0 Å². The van der Waals surface area contributed by atoms with Gasteiger partial charge in [-0.05, 0) is 37.5 Å². The fraction of sp³-hybridized carbons (Fsp3) is 0.353. The number of rotatable bonds is 5. The van der Waals surface area contributed by atoms with Crippen molar-refractivity contribution in [1.82, 2.24) is 19.6 Å². The van der Waals surface area contributed by atoms with Gasteiger partial charge in [0.2, 0.25) is 5.95 Å². The third-order valence-corrected chi connectivity index (χ3v) is 4.45. The van der Waals surface area contributed by atoms with Crippen molar-refractivity contribution in [1.29, 1.82) is 0 Å². The number of ether oxygens (including phenoxy) is 2. The summed E-state index contributed by atoms with van der Waals surface area (Å²) in [5, 5.41) is 6.15. The monoisotopic (exact) mass is 341 g/mol. The molecule has 0 unspecified atom stereocenters. The van der Waals surface area contributed by atoms with E-state index in [4.69, 9.17) is 9.47 Å². The zero-order valence-corrected chi connectivity index (χ0v) is 14.1. The molecule has 1 aliphatic carbocycles. The van der Waals surface area contributed by atoms with Crippen molar-refractivity contribution >= 4 is 11.7 Å². The fourth-order valence-electron chi connectivity index (χ4n) is 3.16. The van der Waals surface area contributed by atoms with Gasteiger partial charge in [0.25, 0.3) is 11.3 Å². The van der Waals surface area contributed by atoms with Crippen molar-refractivity contribution in [2.75, 3.05) is 19.5 Å². The second kappa shape index (κ2) is 6.12. The van der Waals surface area contributed by atoms with Gasteiger partial charge in [0.05, 0.1) is 19.9 Å². The number of benzene rings is 1. The number of aryl methyl sites for hydroxylation is 1. The SMILES string of the molecule is COc1ccc(OC)c(CNc2nc3nc4c(c(=O)n3[nH]2)CCC4)c1. The van der Waals surface area contributed by atoms with Gasteiger partial charge in [-0.15, -0.1) is 0 Å². The zero-order valence-electron chi connectivity index (χ0n) is 14.1. The summed E-state index contributed by atoms with van der Waals surface area (Å²) in [6, 6.07) is 5.59. The molecule has 8 heteroatoms. The normalized spacial score (nSPS) is 13.0. The van der Waals surface area contributed by atoms with Crippen molar-refractivity contribution in [3.63, 3.8) is 0 Å². The van der Waals surface area contributed by atoms with Gasteiger partial charge in [-0.25, -0.2) is 4.98 Å². The second-order valence-electron chi connectivity index (χ2n) is 5.93. The minimum absolute atomic E-state index is 0.0583. The third-order valence-electron chi connectivity index (χ3n) is 4.45. The molecule has 0 fully saturated rings. The minimum Gasteiger partial charge on any atom is -0.497 e. The maximum atomic E-state index is 12.5. The Balaban J connectivity index is 1.62. The van der Waals surface area contributed by atoms with Crippen LogP contribution in [0.15, 0.2) is 23.0 Å². The molecule has 130 valence electrons. The highest BCUT2D eigenvalue weighted by Gasteiger charge is 2.19. The molecule has 0 saturated carbocycles. The van der Waals surface area contributed by atoms with Crippen molar-refractivity contribution in [3.05, 3.63) is 45.4 Å². The summed E-state index contributed by atoms with van der Waals surface area (Å²) in [5.74, 6) is 2.37. The third kappa shape index (κ3) is 2.69. The number of nitrogens with zero attached hydrogens (tertiary/aromatic N) is 3. The van der Waals surface area contributed by atoms with E-state index in [9.17, 15) is 4.79 Å². The Kier molecular flexibility index (Phi) is 3.79. The van der Waals surface area contributed by atoms with Crippen LogP contribution in [0.25, 0.3) is 5.78 Å². The van der Waals surface area contributed by atoms with Gasteiger partial charge in [0.15, 0.2) is 0 Å². The van der Waals surface area contributed by atoms with E-state index in [1.165, 1.54) is 4.52 Å². The van der Waals surface area contributed by atoms with E-state index in [1.54, 1.807) is 14.2 Å². The maximum absolute atomic E-state index is 12.5. The summed E-state index contributed by atoms with van der Waals surface area (Å²) in [6.07, 6.45) is 2.61. The summed E-state index contributed by atoms with van der Waals surface area (Å²) < 4.78 is 12.0. The molecule has 0 spiro atoms. The average Bonchev–Trinajstić information content (AvgIpc) is 3.26. The standard InChI is InChI=1S/C17H19N5O3/c1-24-11-6-7-14(25-2)10(8-11)9-18-16-20-17-19-13-5-3-4-12(13)15(23)22(17)21-16/h6-8H,3-5,9H2,1-2H3,(H2,18,19,20,21). The number of aromatic amines is 1. The molecule has 8 nitrogen and oxygen atoms in total. The van der Waals surface area contributed by atoms with E-state index in [0.717, 1.165) is 47.6 Å². The van der Waals surface area contributed by atoms with E-state index in [2.05, 4.69) is 20.4 Å². The van der Waals surface area contributed by atoms with Crippen LogP contribution in [0.1, 0.15) is 23.2 Å². The van der Waals surface area contributed by atoms with Gasteiger partial charge in [0, 0.05) is 17.7 Å². The number of anilines is 1. The smallest absolute Gasteiger partial charge is 0.277 e. The molecule has 0 saturated heterocycles. The van der Waals surface area contributed by atoms with Crippen LogP contribution in [-0.2, 0) is 19.4 Å². The molecule has 0 amide bonds.